The second kappa shape index (κ2) is 7.35. The summed E-state index contributed by atoms with van der Waals surface area (Å²) in [7, 11) is 0. The van der Waals surface area contributed by atoms with Gasteiger partial charge in [0.15, 0.2) is 0 Å². The number of nitrogens with one attached hydrogen (secondary N) is 2. The van der Waals surface area contributed by atoms with Crippen LogP contribution in [0.25, 0.3) is 0 Å². The van der Waals surface area contributed by atoms with E-state index < -0.39 is 0 Å². The molecule has 1 aliphatic rings. The van der Waals surface area contributed by atoms with Crippen molar-refractivity contribution in [3.8, 4) is 0 Å². The van der Waals surface area contributed by atoms with Gasteiger partial charge in [-0.3, -0.25) is 9.69 Å². The fourth-order valence-electron chi connectivity index (χ4n) is 2.67. The fourth-order valence-corrected chi connectivity index (χ4v) is 2.67. The summed E-state index contributed by atoms with van der Waals surface area (Å²) in [5, 5.41) is 6.19. The summed E-state index contributed by atoms with van der Waals surface area (Å²) >= 11 is 0. The smallest absolute Gasteiger partial charge is 0.256 e. The minimum absolute atomic E-state index is 0.122. The normalized spacial score (nSPS) is 15.3. The summed E-state index contributed by atoms with van der Waals surface area (Å²) in [5.74, 6) is 0.455. The number of nitrogens with zero attached hydrogens (tertiary/aromatic N) is 2. The van der Waals surface area contributed by atoms with Gasteiger partial charge < -0.3 is 10.6 Å². The minimum atomic E-state index is -0.122. The van der Waals surface area contributed by atoms with Crippen molar-refractivity contribution in [1.29, 1.82) is 0 Å². The molecule has 23 heavy (non-hydrogen) atoms. The maximum Gasteiger partial charge on any atom is 0.256 e. The number of pyridine rings is 1. The Morgan fingerprint density at radius 3 is 2.83 bits per heavy atom. The van der Waals surface area contributed by atoms with E-state index in [0.29, 0.717) is 11.4 Å². The topological polar surface area (TPSA) is 57.3 Å². The van der Waals surface area contributed by atoms with E-state index in [1.807, 2.05) is 37.3 Å². The van der Waals surface area contributed by atoms with E-state index in [1.54, 1.807) is 6.20 Å². The minimum Gasteiger partial charge on any atom is -0.314 e. The van der Waals surface area contributed by atoms with Gasteiger partial charge in [0.2, 0.25) is 0 Å². The van der Waals surface area contributed by atoms with Crippen molar-refractivity contribution in [3.63, 3.8) is 0 Å². The third-order valence-electron chi connectivity index (χ3n) is 3.96. The van der Waals surface area contributed by atoms with E-state index in [9.17, 15) is 4.79 Å². The highest BCUT2D eigenvalue weighted by atomic mass is 16.1. The molecule has 0 unspecified atom stereocenters. The molecule has 3 rings (SSSR count). The number of amides is 1. The summed E-state index contributed by atoms with van der Waals surface area (Å²) in [6.45, 7) is 7.00. The average molecular weight is 310 g/mol. The molecule has 1 aromatic carbocycles. The number of rotatable bonds is 4. The van der Waals surface area contributed by atoms with Gasteiger partial charge in [0, 0.05) is 44.5 Å². The van der Waals surface area contributed by atoms with Crippen molar-refractivity contribution in [3.05, 3.63) is 59.3 Å². The Morgan fingerprint density at radius 2 is 2.09 bits per heavy atom. The summed E-state index contributed by atoms with van der Waals surface area (Å²) in [5.41, 5.74) is 2.90. The second-order valence-corrected chi connectivity index (χ2v) is 5.90. The zero-order chi connectivity index (χ0) is 16.1. The zero-order valence-corrected chi connectivity index (χ0v) is 13.4. The third kappa shape index (κ3) is 4.37. The van der Waals surface area contributed by atoms with Crippen LogP contribution in [0.1, 0.15) is 21.5 Å². The van der Waals surface area contributed by atoms with Crippen LogP contribution >= 0.6 is 0 Å². The fraction of sp³-hybridized carbons (Fsp3) is 0.333. The summed E-state index contributed by atoms with van der Waals surface area (Å²) < 4.78 is 0. The maximum atomic E-state index is 12.4. The highest BCUT2D eigenvalue weighted by molar-refractivity contribution is 6.03. The van der Waals surface area contributed by atoms with Crippen molar-refractivity contribution in [2.24, 2.45) is 0 Å². The van der Waals surface area contributed by atoms with E-state index >= 15 is 0 Å². The average Bonchev–Trinajstić information content (AvgIpc) is 2.58. The van der Waals surface area contributed by atoms with E-state index in [-0.39, 0.29) is 5.91 Å². The lowest BCUT2D eigenvalue weighted by Gasteiger charge is -2.27. The Labute approximate surface area is 136 Å². The number of piperazine rings is 1. The molecule has 0 radical (unpaired) electrons. The first kappa shape index (κ1) is 15.6. The molecule has 1 aliphatic heterocycles. The number of aryl methyl sites for hydroxylation is 1. The highest BCUT2D eigenvalue weighted by Gasteiger charge is 2.12. The first-order valence-corrected chi connectivity index (χ1v) is 7.97. The van der Waals surface area contributed by atoms with Gasteiger partial charge in [-0.2, -0.15) is 0 Å². The number of carbonyl (C=O) groups is 1. The Hall–Kier alpha value is -2.24. The molecule has 1 fully saturated rings. The molecule has 0 aliphatic carbocycles. The molecule has 0 saturated carbocycles. The van der Waals surface area contributed by atoms with Crippen LogP contribution in [0.2, 0.25) is 0 Å². The van der Waals surface area contributed by atoms with Crippen LogP contribution in [0.15, 0.2) is 42.6 Å². The molecule has 2 aromatic rings. The summed E-state index contributed by atoms with van der Waals surface area (Å²) in [4.78, 5) is 19.0. The number of carbonyl (C=O) groups excluding carboxylic acids is 1. The molecule has 2 heterocycles. The lowest BCUT2D eigenvalue weighted by atomic mass is 10.1. The highest BCUT2D eigenvalue weighted by Crippen LogP contribution is 2.11. The van der Waals surface area contributed by atoms with Crippen molar-refractivity contribution in [2.75, 3.05) is 31.5 Å². The van der Waals surface area contributed by atoms with Gasteiger partial charge in [0.05, 0.1) is 0 Å². The molecule has 0 bridgehead atoms. The van der Waals surface area contributed by atoms with Gasteiger partial charge in [-0.15, -0.1) is 0 Å². The Morgan fingerprint density at radius 1 is 1.26 bits per heavy atom. The van der Waals surface area contributed by atoms with Gasteiger partial charge >= 0.3 is 0 Å². The van der Waals surface area contributed by atoms with Crippen LogP contribution in [0.5, 0.6) is 0 Å². The van der Waals surface area contributed by atoms with Crippen molar-refractivity contribution in [1.82, 2.24) is 15.2 Å². The SMILES string of the molecule is Cc1ccc(NC(=O)c2cccc(CN3CCNCC3)c2)nc1. The van der Waals surface area contributed by atoms with Crippen LogP contribution in [0, 0.1) is 6.92 Å². The van der Waals surface area contributed by atoms with Gasteiger partial charge in [-0.25, -0.2) is 4.98 Å². The van der Waals surface area contributed by atoms with Crippen LogP contribution < -0.4 is 10.6 Å². The molecular weight excluding hydrogens is 288 g/mol. The number of benzene rings is 1. The van der Waals surface area contributed by atoms with Crippen LogP contribution in [-0.2, 0) is 6.54 Å². The molecule has 2 N–H and O–H groups in total. The lowest BCUT2D eigenvalue weighted by molar-refractivity contribution is 0.102. The summed E-state index contributed by atoms with van der Waals surface area (Å²) in [6, 6.07) is 11.6. The summed E-state index contributed by atoms with van der Waals surface area (Å²) in [6.07, 6.45) is 1.75. The molecule has 1 amide bonds. The first-order chi connectivity index (χ1) is 11.2. The van der Waals surface area contributed by atoms with Gasteiger partial charge in [-0.05, 0) is 36.2 Å². The number of anilines is 1. The maximum absolute atomic E-state index is 12.4. The molecule has 0 atom stereocenters. The zero-order valence-electron chi connectivity index (χ0n) is 13.4. The van der Waals surface area contributed by atoms with Crippen molar-refractivity contribution in [2.45, 2.75) is 13.5 Å². The molecule has 1 saturated heterocycles. The van der Waals surface area contributed by atoms with Crippen LogP contribution in [0.4, 0.5) is 5.82 Å². The number of aromatic nitrogens is 1. The standard InChI is InChI=1S/C18H22N4O/c1-14-5-6-17(20-12-14)21-18(23)16-4-2-3-15(11-16)13-22-9-7-19-8-10-22/h2-6,11-12,19H,7-10,13H2,1H3,(H,20,21,23). The quantitative estimate of drug-likeness (QED) is 0.907. The monoisotopic (exact) mass is 310 g/mol. The Kier molecular flexibility index (Phi) is 5.00. The van der Waals surface area contributed by atoms with E-state index in [4.69, 9.17) is 0 Å². The largest absolute Gasteiger partial charge is 0.314 e. The predicted octanol–water partition coefficient (Wildman–Crippen LogP) is 2.05. The molecule has 5 heteroatoms. The van der Waals surface area contributed by atoms with Crippen molar-refractivity contribution < 1.29 is 4.79 Å². The lowest BCUT2D eigenvalue weighted by Crippen LogP contribution is -2.42. The number of hydrogen-bond donors (Lipinski definition) is 2. The van der Waals surface area contributed by atoms with Gasteiger partial charge in [0.1, 0.15) is 5.82 Å². The Bertz CT molecular complexity index is 663. The predicted molar refractivity (Wildman–Crippen MR) is 91.5 cm³/mol. The van der Waals surface area contributed by atoms with Crippen molar-refractivity contribution >= 4 is 11.7 Å². The molecular formula is C18H22N4O. The molecule has 1 aromatic heterocycles. The van der Waals surface area contributed by atoms with E-state index in [0.717, 1.165) is 43.9 Å². The Balaban J connectivity index is 1.66. The molecule has 5 nitrogen and oxygen atoms in total. The van der Waals surface area contributed by atoms with Gasteiger partial charge in [0.25, 0.3) is 5.91 Å². The number of hydrogen-bond acceptors (Lipinski definition) is 4. The third-order valence-corrected chi connectivity index (χ3v) is 3.96. The van der Waals surface area contributed by atoms with E-state index in [2.05, 4.69) is 26.6 Å². The molecule has 0 spiro atoms. The molecule has 120 valence electrons. The second-order valence-electron chi connectivity index (χ2n) is 5.90. The van der Waals surface area contributed by atoms with Crippen LogP contribution in [0.3, 0.4) is 0 Å². The van der Waals surface area contributed by atoms with E-state index in [1.165, 1.54) is 0 Å². The first-order valence-electron chi connectivity index (χ1n) is 7.97. The van der Waals surface area contributed by atoms with Gasteiger partial charge in [-0.1, -0.05) is 18.2 Å². The van der Waals surface area contributed by atoms with Crippen LogP contribution in [-0.4, -0.2) is 42.0 Å².